The molecule has 1 aromatic rings. The lowest BCUT2D eigenvalue weighted by atomic mass is 10.2. The number of ether oxygens (including phenoxy) is 2. The van der Waals surface area contributed by atoms with Crippen molar-refractivity contribution in [3.8, 4) is 11.8 Å². The maximum Gasteiger partial charge on any atom is 0.125 e. The molecule has 1 aromatic carbocycles. The molecule has 0 aromatic heterocycles. The average Bonchev–Trinajstić information content (AvgIpc) is 2.76. The molecule has 1 aliphatic carbocycles. The molecule has 0 N–H and O–H groups in total. The fourth-order valence-corrected chi connectivity index (χ4v) is 2.34. The summed E-state index contributed by atoms with van der Waals surface area (Å²) < 4.78 is 11.2. The summed E-state index contributed by atoms with van der Waals surface area (Å²) in [5.74, 6) is 0.697. The van der Waals surface area contributed by atoms with Gasteiger partial charge >= 0.3 is 0 Å². The van der Waals surface area contributed by atoms with Crippen LogP contribution < -0.4 is 4.74 Å². The number of nitriles is 1. The number of rotatable bonds is 3. The molecule has 0 radical (unpaired) electrons. The van der Waals surface area contributed by atoms with E-state index in [4.69, 9.17) is 26.3 Å². The summed E-state index contributed by atoms with van der Waals surface area (Å²) in [6.45, 7) is 0. The highest BCUT2D eigenvalue weighted by Crippen LogP contribution is 2.28. The van der Waals surface area contributed by atoms with Crippen LogP contribution in [0, 0.1) is 11.3 Å². The van der Waals surface area contributed by atoms with E-state index in [0.717, 1.165) is 19.3 Å². The summed E-state index contributed by atoms with van der Waals surface area (Å²) in [6.07, 6.45) is 3.39. The summed E-state index contributed by atoms with van der Waals surface area (Å²) in [5.41, 5.74) is 0.466. The van der Waals surface area contributed by atoms with Crippen molar-refractivity contribution in [1.82, 2.24) is 0 Å². The molecule has 2 atom stereocenters. The average molecular weight is 252 g/mol. The molecule has 0 spiro atoms. The summed E-state index contributed by atoms with van der Waals surface area (Å²) >= 11 is 5.95. The minimum Gasteiger partial charge on any atom is -0.488 e. The van der Waals surface area contributed by atoms with Gasteiger partial charge in [0.25, 0.3) is 0 Å². The smallest absolute Gasteiger partial charge is 0.125 e. The Kier molecular flexibility index (Phi) is 3.88. The maximum absolute atomic E-state index is 8.78. The van der Waals surface area contributed by atoms with Crippen LogP contribution in [0.4, 0.5) is 0 Å². The zero-order valence-electron chi connectivity index (χ0n) is 9.65. The molecule has 4 heteroatoms. The first kappa shape index (κ1) is 12.2. The second-order valence-electron chi connectivity index (χ2n) is 4.11. The molecule has 0 heterocycles. The highest BCUT2D eigenvalue weighted by atomic mass is 35.5. The minimum absolute atomic E-state index is 0.0870. The van der Waals surface area contributed by atoms with Crippen molar-refractivity contribution < 1.29 is 9.47 Å². The zero-order valence-corrected chi connectivity index (χ0v) is 10.4. The topological polar surface area (TPSA) is 42.2 Å². The molecule has 90 valence electrons. The lowest BCUT2D eigenvalue weighted by Gasteiger charge is -2.20. The van der Waals surface area contributed by atoms with Crippen molar-refractivity contribution in [2.45, 2.75) is 31.5 Å². The number of benzene rings is 1. The third-order valence-electron chi connectivity index (χ3n) is 3.04. The van der Waals surface area contributed by atoms with Crippen molar-refractivity contribution in [3.05, 3.63) is 28.8 Å². The number of nitrogens with zero attached hydrogens (tertiary/aromatic N) is 1. The van der Waals surface area contributed by atoms with Crippen molar-refractivity contribution in [1.29, 1.82) is 5.26 Å². The van der Waals surface area contributed by atoms with Gasteiger partial charge in [-0.25, -0.2) is 0 Å². The molecule has 1 aliphatic rings. The Labute approximate surface area is 106 Å². The molecule has 1 fully saturated rings. The second kappa shape index (κ2) is 5.39. The molecular weight excluding hydrogens is 238 g/mol. The van der Waals surface area contributed by atoms with Gasteiger partial charge in [-0.05, 0) is 31.4 Å². The van der Waals surface area contributed by atoms with Crippen LogP contribution in [0.3, 0.4) is 0 Å². The van der Waals surface area contributed by atoms with Gasteiger partial charge in [0.2, 0.25) is 0 Å². The molecule has 1 saturated carbocycles. The summed E-state index contributed by atoms with van der Waals surface area (Å²) in [6, 6.07) is 7.16. The summed E-state index contributed by atoms with van der Waals surface area (Å²) in [7, 11) is 1.71. The van der Waals surface area contributed by atoms with E-state index >= 15 is 0 Å². The van der Waals surface area contributed by atoms with Crippen molar-refractivity contribution in [3.63, 3.8) is 0 Å². The molecule has 3 nitrogen and oxygen atoms in total. The number of methoxy groups -OCH3 is 1. The highest BCUT2D eigenvalue weighted by molar-refractivity contribution is 6.31. The van der Waals surface area contributed by atoms with Crippen molar-refractivity contribution >= 4 is 11.6 Å². The number of hydrogen-bond acceptors (Lipinski definition) is 3. The van der Waals surface area contributed by atoms with Gasteiger partial charge in [0, 0.05) is 13.2 Å². The lowest BCUT2D eigenvalue weighted by Crippen LogP contribution is -2.27. The van der Waals surface area contributed by atoms with Gasteiger partial charge in [-0.3, -0.25) is 0 Å². The second-order valence-corrected chi connectivity index (χ2v) is 4.52. The van der Waals surface area contributed by atoms with Gasteiger partial charge in [0.05, 0.1) is 16.7 Å². The van der Waals surface area contributed by atoms with Crippen LogP contribution in [0.15, 0.2) is 18.2 Å². The van der Waals surface area contributed by atoms with E-state index in [-0.39, 0.29) is 12.2 Å². The maximum atomic E-state index is 8.78. The van der Waals surface area contributed by atoms with Gasteiger partial charge in [0.15, 0.2) is 0 Å². The Morgan fingerprint density at radius 1 is 1.35 bits per heavy atom. The lowest BCUT2D eigenvalue weighted by molar-refractivity contribution is 0.0229. The Morgan fingerprint density at radius 3 is 2.76 bits per heavy atom. The normalized spacial score (nSPS) is 23.4. The predicted molar refractivity (Wildman–Crippen MR) is 65.2 cm³/mol. The molecule has 0 bridgehead atoms. The van der Waals surface area contributed by atoms with E-state index in [1.54, 1.807) is 25.3 Å². The van der Waals surface area contributed by atoms with Gasteiger partial charge in [-0.2, -0.15) is 5.26 Å². The minimum atomic E-state index is 0.0870. The van der Waals surface area contributed by atoms with Crippen molar-refractivity contribution in [2.24, 2.45) is 0 Å². The number of hydrogen-bond donors (Lipinski definition) is 0. The van der Waals surface area contributed by atoms with Crippen LogP contribution >= 0.6 is 11.6 Å². The van der Waals surface area contributed by atoms with Crippen LogP contribution in [0.25, 0.3) is 0 Å². The fraction of sp³-hybridized carbons (Fsp3) is 0.462. The van der Waals surface area contributed by atoms with E-state index < -0.39 is 0 Å². The van der Waals surface area contributed by atoms with Gasteiger partial charge < -0.3 is 9.47 Å². The van der Waals surface area contributed by atoms with Crippen LogP contribution in [-0.4, -0.2) is 19.3 Å². The van der Waals surface area contributed by atoms with E-state index in [2.05, 4.69) is 0 Å². The first-order valence-electron chi connectivity index (χ1n) is 5.63. The van der Waals surface area contributed by atoms with E-state index in [1.165, 1.54) is 0 Å². The van der Waals surface area contributed by atoms with E-state index in [1.807, 2.05) is 6.07 Å². The van der Waals surface area contributed by atoms with E-state index in [9.17, 15) is 0 Å². The van der Waals surface area contributed by atoms with Gasteiger partial charge in [-0.15, -0.1) is 0 Å². The van der Waals surface area contributed by atoms with Crippen LogP contribution in [0.1, 0.15) is 24.8 Å². The standard InChI is InChI=1S/C13H14ClNO2/c1-16-12-3-2-4-13(12)17-10-6-5-9(8-15)11(14)7-10/h5-7,12-13H,2-4H2,1H3/t12-,13+/m0/s1. The predicted octanol–water partition coefficient (Wildman–Crippen LogP) is 3.16. The third-order valence-corrected chi connectivity index (χ3v) is 3.36. The molecule has 2 rings (SSSR count). The molecule has 0 saturated heterocycles. The fourth-order valence-electron chi connectivity index (χ4n) is 2.13. The van der Waals surface area contributed by atoms with Crippen LogP contribution in [0.5, 0.6) is 5.75 Å². The largest absolute Gasteiger partial charge is 0.488 e. The Morgan fingerprint density at radius 2 is 2.12 bits per heavy atom. The highest BCUT2D eigenvalue weighted by Gasteiger charge is 2.28. The summed E-state index contributed by atoms with van der Waals surface area (Å²) in [5, 5.41) is 9.21. The Balaban J connectivity index is 2.09. The first-order valence-corrected chi connectivity index (χ1v) is 6.01. The molecule has 0 aliphatic heterocycles. The molecule has 0 amide bonds. The quantitative estimate of drug-likeness (QED) is 0.829. The Hall–Kier alpha value is -1.24. The monoisotopic (exact) mass is 251 g/mol. The molecule has 0 unspecified atom stereocenters. The molecule has 17 heavy (non-hydrogen) atoms. The van der Waals surface area contributed by atoms with Gasteiger partial charge in [-0.1, -0.05) is 11.6 Å². The number of halogens is 1. The molecular formula is C13H14ClNO2. The third kappa shape index (κ3) is 2.71. The van der Waals surface area contributed by atoms with Crippen LogP contribution in [-0.2, 0) is 4.74 Å². The summed E-state index contributed by atoms with van der Waals surface area (Å²) in [4.78, 5) is 0. The zero-order chi connectivity index (χ0) is 12.3. The SMILES string of the molecule is CO[C@H]1CCC[C@H]1Oc1ccc(C#N)c(Cl)c1. The first-order chi connectivity index (χ1) is 8.24. The van der Waals surface area contributed by atoms with Crippen molar-refractivity contribution in [2.75, 3.05) is 7.11 Å². The van der Waals surface area contributed by atoms with E-state index in [0.29, 0.717) is 16.3 Å². The Bertz CT molecular complexity index is 442. The van der Waals surface area contributed by atoms with Crippen LogP contribution in [0.2, 0.25) is 5.02 Å². The van der Waals surface area contributed by atoms with Gasteiger partial charge in [0.1, 0.15) is 17.9 Å².